The highest BCUT2D eigenvalue weighted by Crippen LogP contribution is 2.13. The van der Waals surface area contributed by atoms with Gasteiger partial charge in [0.1, 0.15) is 19.0 Å². The Kier molecular flexibility index (Phi) is 6.23. The molecule has 2 rings (SSSR count). The molecule has 0 amide bonds. The zero-order valence-corrected chi connectivity index (χ0v) is 12.4. The second-order valence-electron chi connectivity index (χ2n) is 4.41. The monoisotopic (exact) mass is 319 g/mol. The summed E-state index contributed by atoms with van der Waals surface area (Å²) in [6.45, 7) is 1.96. The van der Waals surface area contributed by atoms with Crippen molar-refractivity contribution in [2.45, 2.75) is 0 Å². The number of nitrogens with one attached hydrogen (secondary N) is 2. The Bertz CT molecular complexity index is 723. The van der Waals surface area contributed by atoms with E-state index in [1.807, 2.05) is 0 Å². The lowest BCUT2D eigenvalue weighted by Crippen LogP contribution is -2.24. The number of benzene rings is 1. The van der Waals surface area contributed by atoms with Crippen molar-refractivity contribution in [3.05, 3.63) is 45.2 Å². The molecule has 1 aromatic heterocycles. The maximum Gasteiger partial charge on any atom is 0.348 e. The Hall–Kier alpha value is -2.76. The van der Waals surface area contributed by atoms with E-state index in [0.717, 1.165) is 4.57 Å². The smallest absolute Gasteiger partial charge is 0.348 e. The van der Waals surface area contributed by atoms with Crippen LogP contribution < -0.4 is 16.1 Å². The molecule has 0 aliphatic heterocycles. The van der Waals surface area contributed by atoms with Crippen LogP contribution in [0.5, 0.6) is 5.75 Å². The van der Waals surface area contributed by atoms with Crippen LogP contribution in [0, 0.1) is 12.3 Å². The van der Waals surface area contributed by atoms with Crippen LogP contribution in [0.4, 0.5) is 0 Å². The molecule has 0 saturated heterocycles. The fourth-order valence-electron chi connectivity index (χ4n) is 1.81. The van der Waals surface area contributed by atoms with E-state index >= 15 is 0 Å². The first-order valence-corrected chi connectivity index (χ1v) is 6.94. The first-order valence-electron chi connectivity index (χ1n) is 6.94. The molecule has 0 fully saturated rings. The lowest BCUT2D eigenvalue weighted by molar-refractivity contribution is 0.0462. The minimum atomic E-state index is -0.524. The highest BCUT2D eigenvalue weighted by Gasteiger charge is 2.05. The van der Waals surface area contributed by atoms with Crippen molar-refractivity contribution in [2.75, 3.05) is 33.0 Å². The largest absolute Gasteiger partial charge is 0.491 e. The number of hydrogen-bond acceptors (Lipinski definition) is 5. The second-order valence-corrected chi connectivity index (χ2v) is 4.41. The van der Waals surface area contributed by atoms with Crippen LogP contribution in [-0.2, 0) is 9.47 Å². The summed E-state index contributed by atoms with van der Waals surface area (Å²) >= 11 is 0. The summed E-state index contributed by atoms with van der Waals surface area (Å²) in [6.07, 6.45) is 5.04. The van der Waals surface area contributed by atoms with Crippen LogP contribution in [0.1, 0.15) is 0 Å². The number of hydrogen-bond donors (Lipinski definition) is 2. The molecule has 0 aliphatic rings. The van der Waals surface area contributed by atoms with E-state index in [0.29, 0.717) is 37.9 Å². The summed E-state index contributed by atoms with van der Waals surface area (Å²) in [5.74, 6) is 2.98. The zero-order valence-electron chi connectivity index (χ0n) is 12.4. The molecule has 0 bridgehead atoms. The highest BCUT2D eigenvalue weighted by atomic mass is 16.5. The van der Waals surface area contributed by atoms with Crippen molar-refractivity contribution in [1.82, 2.24) is 14.8 Å². The van der Waals surface area contributed by atoms with Gasteiger partial charge < -0.3 is 14.2 Å². The first kappa shape index (κ1) is 16.6. The molecule has 1 aromatic carbocycles. The number of nitrogens with zero attached hydrogens (tertiary/aromatic N) is 1. The van der Waals surface area contributed by atoms with Crippen molar-refractivity contribution < 1.29 is 14.2 Å². The van der Waals surface area contributed by atoms with Gasteiger partial charge in [0.05, 0.1) is 25.5 Å². The van der Waals surface area contributed by atoms with E-state index in [1.54, 1.807) is 24.3 Å². The predicted molar refractivity (Wildman–Crippen MR) is 83.0 cm³/mol. The molecule has 2 N–H and O–H groups in total. The Morgan fingerprint density at radius 3 is 2.22 bits per heavy atom. The van der Waals surface area contributed by atoms with E-state index in [9.17, 15) is 9.59 Å². The molecule has 0 unspecified atom stereocenters. The SMILES string of the molecule is C#CCOCCOCCOc1ccc(-n2c(=O)[nH][nH]c2=O)cc1. The lowest BCUT2D eigenvalue weighted by atomic mass is 10.3. The highest BCUT2D eigenvalue weighted by molar-refractivity contribution is 5.36. The minimum absolute atomic E-state index is 0.277. The van der Waals surface area contributed by atoms with Gasteiger partial charge in [-0.25, -0.2) is 24.4 Å². The van der Waals surface area contributed by atoms with Gasteiger partial charge in [0.25, 0.3) is 0 Å². The van der Waals surface area contributed by atoms with Crippen molar-refractivity contribution in [3.63, 3.8) is 0 Å². The molecule has 0 aliphatic carbocycles. The number of ether oxygens (including phenoxy) is 3. The lowest BCUT2D eigenvalue weighted by Gasteiger charge is -2.08. The standard InChI is InChI=1S/C15H17N3O5/c1-2-7-21-8-9-22-10-11-23-13-5-3-12(4-6-13)18-14(19)16-17-15(18)20/h1,3-6H,7-11H2,(H,16,19)(H,17,20). The van der Waals surface area contributed by atoms with Crippen molar-refractivity contribution in [1.29, 1.82) is 0 Å². The topological polar surface area (TPSA) is 98.3 Å². The molecular weight excluding hydrogens is 302 g/mol. The van der Waals surface area contributed by atoms with Gasteiger partial charge in [-0.2, -0.15) is 0 Å². The van der Waals surface area contributed by atoms with Crippen LogP contribution in [0.25, 0.3) is 5.69 Å². The summed E-state index contributed by atoms with van der Waals surface area (Å²) in [5.41, 5.74) is -0.597. The molecule has 1 heterocycles. The molecule has 0 radical (unpaired) electrons. The Balaban J connectivity index is 1.75. The molecule has 2 aromatic rings. The van der Waals surface area contributed by atoms with E-state index in [1.165, 1.54) is 0 Å². The van der Waals surface area contributed by atoms with Gasteiger partial charge in [-0.15, -0.1) is 6.42 Å². The van der Waals surface area contributed by atoms with Crippen molar-refractivity contribution in [2.24, 2.45) is 0 Å². The molecule has 8 nitrogen and oxygen atoms in total. The van der Waals surface area contributed by atoms with Gasteiger partial charge in [-0.1, -0.05) is 5.92 Å². The van der Waals surface area contributed by atoms with Gasteiger partial charge in [0.15, 0.2) is 0 Å². The number of terminal acetylenes is 1. The van der Waals surface area contributed by atoms with Gasteiger partial charge in [0, 0.05) is 0 Å². The first-order chi connectivity index (χ1) is 11.2. The summed E-state index contributed by atoms with van der Waals surface area (Å²) in [7, 11) is 0. The Labute approximate surface area is 132 Å². The van der Waals surface area contributed by atoms with Crippen LogP contribution in [0.2, 0.25) is 0 Å². The summed E-state index contributed by atoms with van der Waals surface area (Å²) < 4.78 is 16.8. The minimum Gasteiger partial charge on any atom is -0.491 e. The van der Waals surface area contributed by atoms with E-state index in [4.69, 9.17) is 20.6 Å². The molecule has 0 saturated carbocycles. The quantitative estimate of drug-likeness (QED) is 0.497. The average Bonchev–Trinajstić information content (AvgIpc) is 2.89. The van der Waals surface area contributed by atoms with Crippen LogP contribution in [0.15, 0.2) is 33.9 Å². The number of H-pyrrole nitrogens is 2. The van der Waals surface area contributed by atoms with Crippen LogP contribution >= 0.6 is 0 Å². The summed E-state index contributed by atoms with van der Waals surface area (Å²) in [5, 5.41) is 4.44. The maximum atomic E-state index is 11.5. The Morgan fingerprint density at radius 1 is 0.957 bits per heavy atom. The fraction of sp³-hybridized carbons (Fsp3) is 0.333. The normalized spacial score (nSPS) is 10.4. The molecule has 0 spiro atoms. The average molecular weight is 319 g/mol. The van der Waals surface area contributed by atoms with Gasteiger partial charge in [0.2, 0.25) is 0 Å². The molecule has 122 valence electrons. The zero-order chi connectivity index (χ0) is 16.5. The third-order valence-electron chi connectivity index (χ3n) is 2.83. The van der Waals surface area contributed by atoms with Crippen molar-refractivity contribution >= 4 is 0 Å². The van der Waals surface area contributed by atoms with E-state index in [-0.39, 0.29) is 6.61 Å². The third kappa shape index (κ3) is 4.88. The van der Waals surface area contributed by atoms with Crippen LogP contribution in [0.3, 0.4) is 0 Å². The summed E-state index contributed by atoms with van der Waals surface area (Å²) in [4.78, 5) is 22.9. The maximum absolute atomic E-state index is 11.5. The number of rotatable bonds is 9. The van der Waals surface area contributed by atoms with E-state index in [2.05, 4.69) is 16.1 Å². The van der Waals surface area contributed by atoms with Crippen LogP contribution in [-0.4, -0.2) is 47.8 Å². The van der Waals surface area contributed by atoms with Gasteiger partial charge in [-0.05, 0) is 24.3 Å². The number of aromatic amines is 2. The molecule has 8 heteroatoms. The summed E-state index contributed by atoms with van der Waals surface area (Å²) in [6, 6.07) is 6.58. The predicted octanol–water partition coefficient (Wildman–Crippen LogP) is -0.101. The van der Waals surface area contributed by atoms with Gasteiger partial charge in [-0.3, -0.25) is 0 Å². The Morgan fingerprint density at radius 2 is 1.57 bits per heavy atom. The van der Waals surface area contributed by atoms with Crippen molar-refractivity contribution in [3.8, 4) is 23.8 Å². The third-order valence-corrected chi connectivity index (χ3v) is 2.83. The molecule has 0 atom stereocenters. The molecular formula is C15H17N3O5. The van der Waals surface area contributed by atoms with E-state index < -0.39 is 11.4 Å². The molecule has 23 heavy (non-hydrogen) atoms. The fourth-order valence-corrected chi connectivity index (χ4v) is 1.81. The van der Waals surface area contributed by atoms with Gasteiger partial charge >= 0.3 is 11.4 Å². The number of aromatic nitrogens is 3. The second kappa shape index (κ2) is 8.63.